The highest BCUT2D eigenvalue weighted by molar-refractivity contribution is 6.00. The minimum absolute atomic E-state index is 0.0319. The smallest absolute Gasteiger partial charge is 0.419 e. The zero-order valence-corrected chi connectivity index (χ0v) is 15.3. The first-order valence-corrected chi connectivity index (χ1v) is 8.90. The molecule has 0 radical (unpaired) electrons. The normalized spacial score (nSPS) is 12.1. The molecule has 6 nitrogen and oxygen atoms in total. The largest absolute Gasteiger partial charge is 0.454 e. The number of Topliss-reactive ketones (excluding diaryl/α,β-unsaturated/α-hetero) is 1. The van der Waals surface area contributed by atoms with E-state index >= 15 is 0 Å². The van der Waals surface area contributed by atoms with Crippen LogP contribution in [-0.4, -0.2) is 22.4 Å². The van der Waals surface area contributed by atoms with Crippen LogP contribution >= 0.6 is 0 Å². The highest BCUT2D eigenvalue weighted by Crippen LogP contribution is 2.13. The highest BCUT2D eigenvalue weighted by Gasteiger charge is 2.20. The number of hydrogen-bond acceptors (Lipinski definition) is 5. The van der Waals surface area contributed by atoms with E-state index in [0.29, 0.717) is 16.7 Å². The van der Waals surface area contributed by atoms with E-state index in [0.717, 1.165) is 12.0 Å². The first kappa shape index (κ1) is 18.6. The van der Waals surface area contributed by atoms with Gasteiger partial charge in [0.05, 0.1) is 11.9 Å². The molecular weight excluding hydrogens is 346 g/mol. The topological polar surface area (TPSA) is 78.5 Å². The lowest BCUT2D eigenvalue weighted by atomic mass is 10.0. The molecule has 0 N–H and O–H groups in total. The Morgan fingerprint density at radius 3 is 2.52 bits per heavy atom. The van der Waals surface area contributed by atoms with Gasteiger partial charge in [0.25, 0.3) is 0 Å². The van der Waals surface area contributed by atoms with Crippen molar-refractivity contribution in [2.45, 2.75) is 39.3 Å². The molecular formula is C21H21NO5. The van der Waals surface area contributed by atoms with Gasteiger partial charge in [0.2, 0.25) is 5.78 Å². The van der Waals surface area contributed by atoms with Gasteiger partial charge in [0.15, 0.2) is 11.7 Å². The van der Waals surface area contributed by atoms with Gasteiger partial charge in [-0.05, 0) is 31.0 Å². The molecule has 0 bridgehead atoms. The second kappa shape index (κ2) is 8.03. The highest BCUT2D eigenvalue weighted by atomic mass is 16.5. The Balaban J connectivity index is 1.60. The van der Waals surface area contributed by atoms with Crippen molar-refractivity contribution in [1.82, 2.24) is 4.57 Å². The summed E-state index contributed by atoms with van der Waals surface area (Å²) >= 11 is 0. The number of carbonyl (C=O) groups excluding carboxylic acids is 2. The van der Waals surface area contributed by atoms with Crippen molar-refractivity contribution in [3.05, 3.63) is 70.2 Å². The summed E-state index contributed by atoms with van der Waals surface area (Å²) < 4.78 is 11.7. The third-order valence-corrected chi connectivity index (χ3v) is 4.44. The van der Waals surface area contributed by atoms with Crippen molar-refractivity contribution >= 4 is 22.9 Å². The Morgan fingerprint density at radius 1 is 1.11 bits per heavy atom. The van der Waals surface area contributed by atoms with E-state index in [1.807, 2.05) is 19.1 Å². The van der Waals surface area contributed by atoms with Crippen molar-refractivity contribution in [3.8, 4) is 0 Å². The van der Waals surface area contributed by atoms with Crippen LogP contribution in [-0.2, 0) is 22.5 Å². The molecule has 0 spiro atoms. The SMILES string of the molecule is CCc1ccc(C(=O)[C@H](C)OC(=O)CCn2c(=O)oc3ccccc32)cc1. The maximum Gasteiger partial charge on any atom is 0.419 e. The summed E-state index contributed by atoms with van der Waals surface area (Å²) in [6.07, 6.45) is -0.0283. The summed E-state index contributed by atoms with van der Waals surface area (Å²) in [4.78, 5) is 36.4. The zero-order chi connectivity index (χ0) is 19.4. The lowest BCUT2D eigenvalue weighted by molar-refractivity contribution is -0.146. The predicted octanol–water partition coefficient (Wildman–Crippen LogP) is 3.36. The van der Waals surface area contributed by atoms with E-state index in [1.54, 1.807) is 43.3 Å². The van der Waals surface area contributed by atoms with Gasteiger partial charge in [0.1, 0.15) is 0 Å². The second-order valence-corrected chi connectivity index (χ2v) is 6.28. The summed E-state index contributed by atoms with van der Waals surface area (Å²) in [5.74, 6) is -1.32. The molecule has 1 heterocycles. The molecule has 0 unspecified atom stereocenters. The van der Waals surface area contributed by atoms with E-state index in [4.69, 9.17) is 9.15 Å². The van der Waals surface area contributed by atoms with Gasteiger partial charge < -0.3 is 9.15 Å². The summed E-state index contributed by atoms with van der Waals surface area (Å²) in [7, 11) is 0. The first-order chi connectivity index (χ1) is 13.0. The molecule has 0 saturated heterocycles. The van der Waals surface area contributed by atoms with Gasteiger partial charge in [-0.3, -0.25) is 14.2 Å². The Labute approximate surface area is 156 Å². The van der Waals surface area contributed by atoms with E-state index in [-0.39, 0.29) is 18.7 Å². The van der Waals surface area contributed by atoms with Gasteiger partial charge in [-0.15, -0.1) is 0 Å². The van der Waals surface area contributed by atoms with E-state index < -0.39 is 17.8 Å². The van der Waals surface area contributed by atoms with Crippen molar-refractivity contribution in [3.63, 3.8) is 0 Å². The third kappa shape index (κ3) is 4.16. The van der Waals surface area contributed by atoms with E-state index in [2.05, 4.69) is 0 Å². The molecule has 0 saturated carbocycles. The summed E-state index contributed by atoms with van der Waals surface area (Å²) in [6, 6.07) is 14.2. The molecule has 0 fully saturated rings. The molecule has 1 atom stereocenters. The number of ether oxygens (including phenoxy) is 1. The standard InChI is InChI=1S/C21H21NO5/c1-3-15-8-10-16(11-9-15)20(24)14(2)26-19(23)12-13-22-17-6-4-5-7-18(17)27-21(22)25/h4-11,14H,3,12-13H2,1-2H3/t14-/m0/s1. The summed E-state index contributed by atoms with van der Waals surface area (Å²) in [5, 5.41) is 0. The molecule has 0 aliphatic carbocycles. The fraction of sp³-hybridized carbons (Fsp3) is 0.286. The maximum absolute atomic E-state index is 12.4. The number of fused-ring (bicyclic) bond motifs is 1. The Bertz CT molecular complexity index is 1010. The second-order valence-electron chi connectivity index (χ2n) is 6.28. The van der Waals surface area contributed by atoms with E-state index in [9.17, 15) is 14.4 Å². The van der Waals surface area contributed by atoms with Crippen molar-refractivity contribution in [2.24, 2.45) is 0 Å². The molecule has 27 heavy (non-hydrogen) atoms. The maximum atomic E-state index is 12.4. The number of aromatic nitrogens is 1. The number of carbonyl (C=O) groups is 2. The number of benzene rings is 2. The first-order valence-electron chi connectivity index (χ1n) is 8.90. The van der Waals surface area contributed by atoms with Crippen LogP contribution < -0.4 is 5.76 Å². The number of para-hydroxylation sites is 2. The molecule has 0 amide bonds. The fourth-order valence-corrected chi connectivity index (χ4v) is 2.88. The average Bonchev–Trinajstić information content (AvgIpc) is 3.00. The van der Waals surface area contributed by atoms with Crippen LogP contribution in [0.25, 0.3) is 11.1 Å². The van der Waals surface area contributed by atoms with Crippen molar-refractivity contribution in [1.29, 1.82) is 0 Å². The molecule has 0 aliphatic heterocycles. The van der Waals surface area contributed by atoms with Gasteiger partial charge in [-0.1, -0.05) is 43.3 Å². The number of esters is 1. The molecule has 3 aromatic rings. The van der Waals surface area contributed by atoms with Gasteiger partial charge in [-0.25, -0.2) is 4.79 Å². The Morgan fingerprint density at radius 2 is 1.81 bits per heavy atom. The number of hydrogen-bond donors (Lipinski definition) is 0. The van der Waals surface area contributed by atoms with Crippen molar-refractivity contribution in [2.75, 3.05) is 0 Å². The molecule has 3 rings (SSSR count). The summed E-state index contributed by atoms with van der Waals surface area (Å²) in [6.45, 7) is 3.71. The van der Waals surface area contributed by atoms with Gasteiger partial charge >= 0.3 is 11.7 Å². The van der Waals surface area contributed by atoms with Crippen LogP contribution in [0.3, 0.4) is 0 Å². The molecule has 1 aromatic heterocycles. The lowest BCUT2D eigenvalue weighted by Crippen LogP contribution is -2.25. The van der Waals surface area contributed by atoms with Crippen LogP contribution in [0.5, 0.6) is 0 Å². The Hall–Kier alpha value is -3.15. The van der Waals surface area contributed by atoms with Crippen LogP contribution in [0.4, 0.5) is 0 Å². The lowest BCUT2D eigenvalue weighted by Gasteiger charge is -2.12. The average molecular weight is 367 g/mol. The number of oxazole rings is 1. The predicted molar refractivity (Wildman–Crippen MR) is 101 cm³/mol. The monoisotopic (exact) mass is 367 g/mol. The van der Waals surface area contributed by atoms with Crippen LogP contribution in [0, 0.1) is 0 Å². The number of aryl methyl sites for hydroxylation is 2. The van der Waals surface area contributed by atoms with Gasteiger partial charge in [0, 0.05) is 12.1 Å². The molecule has 2 aromatic carbocycles. The van der Waals surface area contributed by atoms with Crippen LogP contribution in [0.1, 0.15) is 36.2 Å². The minimum atomic E-state index is -0.886. The summed E-state index contributed by atoms with van der Waals surface area (Å²) in [5.41, 5.74) is 2.73. The Kier molecular flexibility index (Phi) is 5.54. The minimum Gasteiger partial charge on any atom is -0.454 e. The van der Waals surface area contributed by atoms with Crippen molar-refractivity contribution < 1.29 is 18.7 Å². The quantitative estimate of drug-likeness (QED) is 0.473. The van der Waals surface area contributed by atoms with Crippen LogP contribution in [0.15, 0.2) is 57.7 Å². The molecule has 6 heteroatoms. The number of nitrogens with zero attached hydrogens (tertiary/aromatic N) is 1. The van der Waals surface area contributed by atoms with Gasteiger partial charge in [-0.2, -0.15) is 0 Å². The number of ketones is 1. The van der Waals surface area contributed by atoms with E-state index in [1.165, 1.54) is 4.57 Å². The molecule has 0 aliphatic rings. The third-order valence-electron chi connectivity index (χ3n) is 4.44. The number of rotatable bonds is 7. The molecule has 140 valence electrons. The zero-order valence-electron chi connectivity index (χ0n) is 15.3. The fourth-order valence-electron chi connectivity index (χ4n) is 2.88. The van der Waals surface area contributed by atoms with Crippen LogP contribution in [0.2, 0.25) is 0 Å².